The Hall–Kier alpha value is -1.35. The summed E-state index contributed by atoms with van der Waals surface area (Å²) in [6.45, 7) is 5.33. The fraction of sp³-hybridized carbons (Fsp3) is 0.533. The highest BCUT2D eigenvalue weighted by Gasteiger charge is 2.21. The van der Waals surface area contributed by atoms with E-state index in [1.807, 2.05) is 12.4 Å². The maximum atomic E-state index is 4.27. The van der Waals surface area contributed by atoms with Gasteiger partial charge in [0.05, 0.1) is 0 Å². The molecule has 1 saturated carbocycles. The summed E-state index contributed by atoms with van der Waals surface area (Å²) in [7, 11) is 0. The van der Waals surface area contributed by atoms with Crippen molar-refractivity contribution in [3.8, 4) is 0 Å². The number of pyridine rings is 1. The Morgan fingerprint density at radius 2 is 2.33 bits per heavy atom. The van der Waals surface area contributed by atoms with Crippen molar-refractivity contribution < 1.29 is 0 Å². The number of anilines is 1. The first-order chi connectivity index (χ1) is 8.83. The Balaban J connectivity index is 1.73. The second-order valence-corrected chi connectivity index (χ2v) is 5.41. The molecule has 1 N–H and O–H groups in total. The third kappa shape index (κ3) is 2.72. The van der Waals surface area contributed by atoms with E-state index in [4.69, 9.17) is 0 Å². The van der Waals surface area contributed by atoms with E-state index in [9.17, 15) is 0 Å². The van der Waals surface area contributed by atoms with Crippen LogP contribution in [0.5, 0.6) is 0 Å². The highest BCUT2D eigenvalue weighted by molar-refractivity contribution is 5.53. The van der Waals surface area contributed by atoms with Crippen molar-refractivity contribution >= 4 is 5.69 Å². The van der Waals surface area contributed by atoms with Crippen LogP contribution < -0.4 is 10.2 Å². The fourth-order valence-corrected chi connectivity index (χ4v) is 2.40. The van der Waals surface area contributed by atoms with E-state index < -0.39 is 0 Å². The maximum absolute atomic E-state index is 4.27. The minimum Gasteiger partial charge on any atom is -0.367 e. The zero-order valence-corrected chi connectivity index (χ0v) is 11.0. The van der Waals surface area contributed by atoms with Crippen LogP contribution in [0, 0.1) is 0 Å². The van der Waals surface area contributed by atoms with Gasteiger partial charge in [-0.3, -0.25) is 4.98 Å². The summed E-state index contributed by atoms with van der Waals surface area (Å²) >= 11 is 0. The summed E-state index contributed by atoms with van der Waals surface area (Å²) in [6.07, 6.45) is 10.1. The Kier molecular flexibility index (Phi) is 3.33. The molecule has 1 fully saturated rings. The molecule has 3 rings (SSSR count). The minimum atomic E-state index is 0.751. The molecule has 0 amide bonds. The summed E-state index contributed by atoms with van der Waals surface area (Å²) in [5, 5.41) is 3.58. The molecule has 0 radical (unpaired) electrons. The molecule has 3 heteroatoms. The quantitative estimate of drug-likeness (QED) is 0.824. The monoisotopic (exact) mass is 243 g/mol. The van der Waals surface area contributed by atoms with E-state index in [1.54, 1.807) is 0 Å². The van der Waals surface area contributed by atoms with Gasteiger partial charge in [-0.2, -0.15) is 0 Å². The summed E-state index contributed by atoms with van der Waals surface area (Å²) in [4.78, 5) is 6.73. The van der Waals surface area contributed by atoms with E-state index in [0.717, 1.165) is 25.7 Å². The van der Waals surface area contributed by atoms with E-state index in [2.05, 4.69) is 34.3 Å². The van der Waals surface area contributed by atoms with Crippen LogP contribution in [-0.4, -0.2) is 24.1 Å². The molecule has 0 atom stereocenters. The fourth-order valence-electron chi connectivity index (χ4n) is 2.40. The van der Waals surface area contributed by atoms with Crippen molar-refractivity contribution in [1.82, 2.24) is 10.3 Å². The van der Waals surface area contributed by atoms with E-state index >= 15 is 0 Å². The number of hydrogen-bond acceptors (Lipinski definition) is 3. The topological polar surface area (TPSA) is 28.2 Å². The predicted molar refractivity (Wildman–Crippen MR) is 74.7 cm³/mol. The third-order valence-electron chi connectivity index (χ3n) is 3.81. The van der Waals surface area contributed by atoms with Gasteiger partial charge < -0.3 is 10.2 Å². The molecule has 1 aliphatic carbocycles. The van der Waals surface area contributed by atoms with Crippen LogP contribution in [0.25, 0.3) is 0 Å². The molecule has 0 aromatic carbocycles. The van der Waals surface area contributed by atoms with Gasteiger partial charge in [0.1, 0.15) is 0 Å². The lowest BCUT2D eigenvalue weighted by Gasteiger charge is -2.29. The van der Waals surface area contributed by atoms with Gasteiger partial charge >= 0.3 is 0 Å². The van der Waals surface area contributed by atoms with Gasteiger partial charge in [0.2, 0.25) is 0 Å². The Labute approximate surface area is 109 Å². The number of rotatable bonds is 4. The average Bonchev–Trinajstić information content (AvgIpc) is 3.22. The van der Waals surface area contributed by atoms with Gasteiger partial charge in [0.25, 0.3) is 0 Å². The van der Waals surface area contributed by atoms with Crippen LogP contribution in [-0.2, 0) is 6.54 Å². The van der Waals surface area contributed by atoms with Crippen molar-refractivity contribution in [3.05, 3.63) is 35.7 Å². The van der Waals surface area contributed by atoms with Crippen LogP contribution in [0.15, 0.2) is 30.1 Å². The van der Waals surface area contributed by atoms with Crippen molar-refractivity contribution in [2.75, 3.05) is 18.0 Å². The summed E-state index contributed by atoms with van der Waals surface area (Å²) in [6, 6.07) is 2.90. The second-order valence-electron chi connectivity index (χ2n) is 5.41. The normalized spacial score (nSPS) is 19.8. The largest absolute Gasteiger partial charge is 0.367 e. The maximum Gasteiger partial charge on any atom is 0.0445 e. The Morgan fingerprint density at radius 3 is 3.06 bits per heavy atom. The second kappa shape index (κ2) is 5.11. The molecule has 2 heterocycles. The van der Waals surface area contributed by atoms with Crippen molar-refractivity contribution in [2.24, 2.45) is 0 Å². The molecule has 96 valence electrons. The Bertz CT molecular complexity index is 449. The lowest BCUT2D eigenvalue weighted by atomic mass is 10.1. The summed E-state index contributed by atoms with van der Waals surface area (Å²) < 4.78 is 0. The molecule has 0 spiro atoms. The van der Waals surface area contributed by atoms with Gasteiger partial charge in [-0.1, -0.05) is 11.6 Å². The minimum absolute atomic E-state index is 0.751. The van der Waals surface area contributed by atoms with E-state index in [0.29, 0.717) is 0 Å². The molecule has 1 aromatic rings. The van der Waals surface area contributed by atoms with Gasteiger partial charge in [0, 0.05) is 49.3 Å². The van der Waals surface area contributed by atoms with Crippen molar-refractivity contribution in [1.29, 1.82) is 0 Å². The van der Waals surface area contributed by atoms with Crippen LogP contribution in [0.3, 0.4) is 0 Å². The highest BCUT2D eigenvalue weighted by atomic mass is 15.1. The smallest absolute Gasteiger partial charge is 0.0445 e. The van der Waals surface area contributed by atoms with Gasteiger partial charge in [0.15, 0.2) is 0 Å². The first kappa shape index (κ1) is 11.7. The van der Waals surface area contributed by atoms with Crippen molar-refractivity contribution in [2.45, 2.75) is 38.8 Å². The van der Waals surface area contributed by atoms with Crippen molar-refractivity contribution in [3.63, 3.8) is 0 Å². The predicted octanol–water partition coefficient (Wildman–Crippen LogP) is 2.49. The number of aromatic nitrogens is 1. The standard InChI is InChI=1S/C15H21N3/c1-12-5-8-18(9-6-12)15-4-7-16-10-13(15)11-17-14-2-3-14/h4-5,7,10,14,17H,2-3,6,8-9,11H2,1H3. The van der Waals surface area contributed by atoms with Gasteiger partial charge in [-0.25, -0.2) is 0 Å². The van der Waals surface area contributed by atoms with Crippen LogP contribution in [0.4, 0.5) is 5.69 Å². The first-order valence-corrected chi connectivity index (χ1v) is 6.90. The summed E-state index contributed by atoms with van der Waals surface area (Å²) in [5.74, 6) is 0. The molecule has 18 heavy (non-hydrogen) atoms. The van der Waals surface area contributed by atoms with E-state index in [1.165, 1.54) is 36.1 Å². The molecule has 1 aliphatic heterocycles. The summed E-state index contributed by atoms with van der Waals surface area (Å²) in [5.41, 5.74) is 4.19. The van der Waals surface area contributed by atoms with Crippen LogP contribution in [0.2, 0.25) is 0 Å². The van der Waals surface area contributed by atoms with Crippen LogP contribution >= 0.6 is 0 Å². The van der Waals surface area contributed by atoms with Crippen LogP contribution in [0.1, 0.15) is 31.7 Å². The molecular formula is C15H21N3. The number of nitrogens with zero attached hydrogens (tertiary/aromatic N) is 2. The lowest BCUT2D eigenvalue weighted by Crippen LogP contribution is -2.30. The zero-order valence-electron chi connectivity index (χ0n) is 11.0. The SMILES string of the molecule is CC1=CCN(c2ccncc2CNC2CC2)CC1. The lowest BCUT2D eigenvalue weighted by molar-refractivity contribution is 0.680. The van der Waals surface area contributed by atoms with Gasteiger partial charge in [-0.05, 0) is 32.3 Å². The average molecular weight is 243 g/mol. The van der Waals surface area contributed by atoms with Gasteiger partial charge in [-0.15, -0.1) is 0 Å². The highest BCUT2D eigenvalue weighted by Crippen LogP contribution is 2.25. The third-order valence-corrected chi connectivity index (χ3v) is 3.81. The molecule has 0 unspecified atom stereocenters. The first-order valence-electron chi connectivity index (χ1n) is 6.90. The Morgan fingerprint density at radius 1 is 1.44 bits per heavy atom. The number of nitrogens with one attached hydrogen (secondary N) is 1. The number of hydrogen-bond donors (Lipinski definition) is 1. The molecule has 1 aromatic heterocycles. The molecular weight excluding hydrogens is 222 g/mol. The molecule has 3 nitrogen and oxygen atoms in total. The molecule has 0 saturated heterocycles. The molecule has 0 bridgehead atoms. The zero-order chi connectivity index (χ0) is 12.4. The van der Waals surface area contributed by atoms with E-state index in [-0.39, 0.29) is 0 Å². The molecule has 2 aliphatic rings.